The molecule has 0 heterocycles. The van der Waals surface area contributed by atoms with Gasteiger partial charge in [-0.15, -0.1) is 0 Å². The maximum absolute atomic E-state index is 10.2. The zero-order valence-electron chi connectivity index (χ0n) is 7.72. The molecule has 3 nitrogen and oxygen atoms in total. The second-order valence-electron chi connectivity index (χ2n) is 2.76. The number of hydrogen-bond acceptors (Lipinski definition) is 2. The summed E-state index contributed by atoms with van der Waals surface area (Å²) < 4.78 is 0. The van der Waals surface area contributed by atoms with Gasteiger partial charge < -0.3 is 0 Å². The van der Waals surface area contributed by atoms with Crippen LogP contribution in [-0.2, 0) is 0 Å². The zero-order chi connectivity index (χ0) is 10.4. The maximum atomic E-state index is 10.2. The van der Waals surface area contributed by atoms with Crippen LogP contribution in [0.1, 0.15) is 6.42 Å². The lowest BCUT2D eigenvalue weighted by Crippen LogP contribution is -1.85. The molecule has 0 aromatic rings. The molecule has 0 aromatic heterocycles. The van der Waals surface area contributed by atoms with Crippen LogP contribution in [0, 0.1) is 10.1 Å². The summed E-state index contributed by atoms with van der Waals surface area (Å²) >= 11 is 0. The van der Waals surface area contributed by atoms with E-state index in [1.165, 1.54) is 6.08 Å². The van der Waals surface area contributed by atoms with Gasteiger partial charge in [-0.25, -0.2) is 0 Å². The van der Waals surface area contributed by atoms with E-state index in [0.717, 1.165) is 23.8 Å². The topological polar surface area (TPSA) is 43.1 Å². The second-order valence-corrected chi connectivity index (χ2v) is 2.76. The fourth-order valence-corrected chi connectivity index (χ4v) is 1.14. The lowest BCUT2D eigenvalue weighted by atomic mass is 10.1. The van der Waals surface area contributed by atoms with E-state index in [0.29, 0.717) is 0 Å². The Hall–Kier alpha value is -1.90. The van der Waals surface area contributed by atoms with Gasteiger partial charge in [-0.3, -0.25) is 10.1 Å². The molecular formula is C11H11NO2. The van der Waals surface area contributed by atoms with Crippen molar-refractivity contribution in [2.24, 2.45) is 0 Å². The third-order valence-electron chi connectivity index (χ3n) is 1.80. The molecular weight excluding hydrogens is 178 g/mol. The lowest BCUT2D eigenvalue weighted by molar-refractivity contribution is -0.402. The number of nitrogens with zero attached hydrogens (tertiary/aromatic N) is 1. The summed E-state index contributed by atoms with van der Waals surface area (Å²) in [5, 5.41) is 10.2. The van der Waals surface area contributed by atoms with Crippen molar-refractivity contribution in [3.8, 4) is 0 Å². The molecule has 1 rings (SSSR count). The molecule has 0 N–H and O–H groups in total. The van der Waals surface area contributed by atoms with Gasteiger partial charge in [0.25, 0.3) is 0 Å². The van der Waals surface area contributed by atoms with Crippen molar-refractivity contribution >= 4 is 0 Å². The molecule has 0 fully saturated rings. The predicted octanol–water partition coefficient (Wildman–Crippen LogP) is 2.78. The fourth-order valence-electron chi connectivity index (χ4n) is 1.14. The third-order valence-corrected chi connectivity index (χ3v) is 1.80. The Morgan fingerprint density at radius 3 is 2.57 bits per heavy atom. The van der Waals surface area contributed by atoms with Crippen molar-refractivity contribution in [2.45, 2.75) is 6.42 Å². The third kappa shape index (κ3) is 2.86. The molecule has 0 amide bonds. The second kappa shape index (κ2) is 4.97. The van der Waals surface area contributed by atoms with Gasteiger partial charge in [-0.1, -0.05) is 37.0 Å². The molecule has 0 spiro atoms. The minimum atomic E-state index is -0.476. The van der Waals surface area contributed by atoms with Crippen molar-refractivity contribution in [1.29, 1.82) is 0 Å². The van der Waals surface area contributed by atoms with E-state index >= 15 is 0 Å². The highest BCUT2D eigenvalue weighted by Gasteiger charge is 1.98. The van der Waals surface area contributed by atoms with Gasteiger partial charge in [0.05, 0.1) is 4.92 Å². The van der Waals surface area contributed by atoms with Crippen molar-refractivity contribution in [1.82, 2.24) is 0 Å². The summed E-state index contributed by atoms with van der Waals surface area (Å²) in [6.45, 7) is 3.66. The minimum Gasteiger partial charge on any atom is -0.259 e. The van der Waals surface area contributed by atoms with E-state index in [1.54, 1.807) is 6.08 Å². The quantitative estimate of drug-likeness (QED) is 0.506. The SMILES string of the molecule is C=CC1=C(/C=C/[N+](=O)[O-])C=CCC=C1. The van der Waals surface area contributed by atoms with Gasteiger partial charge in [0.1, 0.15) is 0 Å². The molecule has 1 aliphatic rings. The highest BCUT2D eigenvalue weighted by molar-refractivity contribution is 5.47. The smallest absolute Gasteiger partial charge is 0.235 e. The van der Waals surface area contributed by atoms with E-state index in [-0.39, 0.29) is 0 Å². The molecule has 3 heteroatoms. The van der Waals surface area contributed by atoms with E-state index in [4.69, 9.17) is 0 Å². The Morgan fingerprint density at radius 2 is 2.00 bits per heavy atom. The number of allylic oxidation sites excluding steroid dienone is 8. The molecule has 0 bridgehead atoms. The van der Waals surface area contributed by atoms with Crippen LogP contribution in [0.3, 0.4) is 0 Å². The van der Waals surface area contributed by atoms with Gasteiger partial charge >= 0.3 is 0 Å². The molecule has 0 saturated carbocycles. The first kappa shape index (κ1) is 10.2. The largest absolute Gasteiger partial charge is 0.259 e. The van der Waals surface area contributed by atoms with Gasteiger partial charge in [0, 0.05) is 6.08 Å². The van der Waals surface area contributed by atoms with Crippen molar-refractivity contribution in [2.75, 3.05) is 0 Å². The Balaban J connectivity index is 3.00. The van der Waals surface area contributed by atoms with Crippen molar-refractivity contribution in [3.05, 3.63) is 70.5 Å². The van der Waals surface area contributed by atoms with Crippen LogP contribution in [0.25, 0.3) is 0 Å². The normalized spacial score (nSPS) is 16.0. The van der Waals surface area contributed by atoms with Gasteiger partial charge in [0.15, 0.2) is 0 Å². The predicted molar refractivity (Wildman–Crippen MR) is 56.3 cm³/mol. The van der Waals surface area contributed by atoms with Crippen LogP contribution < -0.4 is 0 Å². The van der Waals surface area contributed by atoms with Gasteiger partial charge in [0.2, 0.25) is 6.20 Å². The molecule has 0 saturated heterocycles. The Bertz CT molecular complexity index is 359. The van der Waals surface area contributed by atoms with E-state index < -0.39 is 4.92 Å². The summed E-state index contributed by atoms with van der Waals surface area (Å²) in [6.07, 6.45) is 12.6. The molecule has 72 valence electrons. The van der Waals surface area contributed by atoms with Crippen LogP contribution in [0.15, 0.2) is 60.4 Å². The van der Waals surface area contributed by atoms with Crippen LogP contribution in [-0.4, -0.2) is 4.92 Å². The fraction of sp³-hybridized carbons (Fsp3) is 0.0909. The summed E-state index contributed by atoms with van der Waals surface area (Å²) in [5.74, 6) is 0. The van der Waals surface area contributed by atoms with Crippen molar-refractivity contribution in [3.63, 3.8) is 0 Å². The van der Waals surface area contributed by atoms with Crippen molar-refractivity contribution < 1.29 is 4.92 Å². The number of rotatable bonds is 3. The molecule has 1 aliphatic carbocycles. The van der Waals surface area contributed by atoms with Crippen LogP contribution in [0.4, 0.5) is 0 Å². The average molecular weight is 189 g/mol. The standard InChI is InChI=1S/C11H11NO2/c1-2-10-6-4-3-5-7-11(10)8-9-12(13)14/h2,4-9H,1,3H2/b9-8+. The molecule has 0 unspecified atom stereocenters. The van der Waals surface area contributed by atoms with Gasteiger partial charge in [-0.05, 0) is 17.6 Å². The summed E-state index contributed by atoms with van der Waals surface area (Å²) in [4.78, 5) is 9.68. The summed E-state index contributed by atoms with van der Waals surface area (Å²) in [7, 11) is 0. The Morgan fingerprint density at radius 1 is 1.36 bits per heavy atom. The van der Waals surface area contributed by atoms with Crippen LogP contribution >= 0.6 is 0 Å². The maximum Gasteiger partial charge on any atom is 0.235 e. The molecule has 0 radical (unpaired) electrons. The van der Waals surface area contributed by atoms with Crippen LogP contribution in [0.5, 0.6) is 0 Å². The first-order chi connectivity index (χ1) is 6.74. The zero-order valence-corrected chi connectivity index (χ0v) is 7.72. The summed E-state index contributed by atoms with van der Waals surface area (Å²) in [6, 6.07) is 0. The Kier molecular flexibility index (Phi) is 3.61. The van der Waals surface area contributed by atoms with Crippen LogP contribution in [0.2, 0.25) is 0 Å². The first-order valence-corrected chi connectivity index (χ1v) is 4.25. The summed E-state index contributed by atoms with van der Waals surface area (Å²) in [5.41, 5.74) is 1.71. The number of nitro groups is 1. The molecule has 14 heavy (non-hydrogen) atoms. The van der Waals surface area contributed by atoms with E-state index in [1.807, 2.05) is 24.3 Å². The highest BCUT2D eigenvalue weighted by atomic mass is 16.6. The highest BCUT2D eigenvalue weighted by Crippen LogP contribution is 2.14. The van der Waals surface area contributed by atoms with E-state index in [2.05, 4.69) is 6.58 Å². The molecule has 0 aliphatic heterocycles. The van der Waals surface area contributed by atoms with Gasteiger partial charge in [-0.2, -0.15) is 0 Å². The minimum absolute atomic E-state index is 0.476. The van der Waals surface area contributed by atoms with E-state index in [9.17, 15) is 10.1 Å². The monoisotopic (exact) mass is 189 g/mol. The molecule has 0 atom stereocenters. The first-order valence-electron chi connectivity index (χ1n) is 4.25. The average Bonchev–Trinajstić information content (AvgIpc) is 2.38. The lowest BCUT2D eigenvalue weighted by Gasteiger charge is -1.96. The number of hydrogen-bond donors (Lipinski definition) is 0. The molecule has 0 aromatic carbocycles. The Labute approximate surface area is 82.6 Å².